The van der Waals surface area contributed by atoms with Gasteiger partial charge in [-0.25, -0.2) is 9.59 Å². The van der Waals surface area contributed by atoms with Gasteiger partial charge in [-0.05, 0) is 52.9 Å². The minimum absolute atomic E-state index is 0.00538. The second-order valence-corrected chi connectivity index (χ2v) is 7.04. The first-order chi connectivity index (χ1) is 10.3. The van der Waals surface area contributed by atoms with Crippen LogP contribution in [-0.4, -0.2) is 29.8 Å². The predicted octanol–water partition coefficient (Wildman–Crippen LogP) is 3.95. The Labute approximate surface area is 134 Å². The molecular weight excluding hydrogens is 282 g/mol. The van der Waals surface area contributed by atoms with Crippen molar-refractivity contribution in [1.82, 2.24) is 5.32 Å². The van der Waals surface area contributed by atoms with Crippen LogP contribution in [0, 0.1) is 0 Å². The van der Waals surface area contributed by atoms with Crippen molar-refractivity contribution in [2.45, 2.75) is 96.8 Å². The highest BCUT2D eigenvalue weighted by atomic mass is 16.6. The Morgan fingerprint density at radius 1 is 1.18 bits per heavy atom. The Bertz CT molecular complexity index is 356. The quantitative estimate of drug-likeness (QED) is 0.754. The average Bonchev–Trinajstić information content (AvgIpc) is 2.42. The standard InChI is InChI=1S/C17H31NO4/c1-5-6-12-14(18-16(20)22-17(2,3)4)15(19)21-13-10-8-7-9-11-13/h13-14H,5-12H2,1-4H3,(H,18,20). The second-order valence-electron chi connectivity index (χ2n) is 7.04. The van der Waals surface area contributed by atoms with Crippen molar-refractivity contribution in [1.29, 1.82) is 0 Å². The van der Waals surface area contributed by atoms with Crippen LogP contribution in [0.2, 0.25) is 0 Å². The Morgan fingerprint density at radius 3 is 2.36 bits per heavy atom. The van der Waals surface area contributed by atoms with Crippen molar-refractivity contribution in [3.05, 3.63) is 0 Å². The molecule has 1 atom stereocenters. The largest absolute Gasteiger partial charge is 0.461 e. The molecule has 5 heteroatoms. The molecular formula is C17H31NO4. The molecule has 1 aliphatic rings. The lowest BCUT2D eigenvalue weighted by Gasteiger charge is -2.26. The first-order valence-corrected chi connectivity index (χ1v) is 8.52. The lowest BCUT2D eigenvalue weighted by Crippen LogP contribution is -2.45. The molecule has 0 heterocycles. The summed E-state index contributed by atoms with van der Waals surface area (Å²) in [6, 6.07) is -0.614. The van der Waals surface area contributed by atoms with E-state index in [0.29, 0.717) is 6.42 Å². The van der Waals surface area contributed by atoms with Crippen molar-refractivity contribution in [2.24, 2.45) is 0 Å². The summed E-state index contributed by atoms with van der Waals surface area (Å²) in [5.74, 6) is -0.328. The maximum Gasteiger partial charge on any atom is 0.408 e. The van der Waals surface area contributed by atoms with Crippen molar-refractivity contribution in [3.8, 4) is 0 Å². The van der Waals surface area contributed by atoms with Crippen LogP contribution in [0.4, 0.5) is 4.79 Å². The summed E-state index contributed by atoms with van der Waals surface area (Å²) in [4.78, 5) is 24.2. The van der Waals surface area contributed by atoms with Crippen LogP contribution < -0.4 is 5.32 Å². The fourth-order valence-electron chi connectivity index (χ4n) is 2.54. The SMILES string of the molecule is CCCCC(NC(=O)OC(C)(C)C)C(=O)OC1CCCCC1. The van der Waals surface area contributed by atoms with E-state index in [1.165, 1.54) is 6.42 Å². The van der Waals surface area contributed by atoms with E-state index in [0.717, 1.165) is 38.5 Å². The van der Waals surface area contributed by atoms with E-state index in [4.69, 9.17) is 9.47 Å². The van der Waals surface area contributed by atoms with Gasteiger partial charge in [0, 0.05) is 0 Å². The lowest BCUT2D eigenvalue weighted by atomic mass is 9.97. The summed E-state index contributed by atoms with van der Waals surface area (Å²) in [5, 5.41) is 2.66. The molecule has 0 spiro atoms. The number of hydrogen-bond donors (Lipinski definition) is 1. The molecule has 1 rings (SSSR count). The van der Waals surface area contributed by atoms with Gasteiger partial charge in [-0.2, -0.15) is 0 Å². The molecule has 1 amide bonds. The number of esters is 1. The zero-order valence-electron chi connectivity index (χ0n) is 14.4. The van der Waals surface area contributed by atoms with Crippen LogP contribution in [-0.2, 0) is 14.3 Å². The molecule has 1 fully saturated rings. The number of nitrogens with one attached hydrogen (secondary N) is 1. The molecule has 1 unspecified atom stereocenters. The molecule has 0 aromatic carbocycles. The number of amides is 1. The van der Waals surface area contributed by atoms with Crippen LogP contribution in [0.3, 0.4) is 0 Å². The summed E-state index contributed by atoms with van der Waals surface area (Å²) < 4.78 is 10.8. The second kappa shape index (κ2) is 9.01. The van der Waals surface area contributed by atoms with E-state index < -0.39 is 17.7 Å². The predicted molar refractivity (Wildman–Crippen MR) is 85.6 cm³/mol. The fraction of sp³-hybridized carbons (Fsp3) is 0.882. The number of rotatable bonds is 6. The molecule has 0 aromatic rings. The molecule has 5 nitrogen and oxygen atoms in total. The van der Waals surface area contributed by atoms with Gasteiger partial charge in [0.2, 0.25) is 0 Å². The van der Waals surface area contributed by atoms with Crippen molar-refractivity contribution in [2.75, 3.05) is 0 Å². The summed E-state index contributed by atoms with van der Waals surface area (Å²) in [5.41, 5.74) is -0.577. The molecule has 0 aromatic heterocycles. The number of hydrogen-bond acceptors (Lipinski definition) is 4. The zero-order valence-corrected chi connectivity index (χ0v) is 14.4. The maximum atomic E-state index is 12.3. The van der Waals surface area contributed by atoms with Gasteiger partial charge in [-0.1, -0.05) is 26.2 Å². The van der Waals surface area contributed by atoms with Gasteiger partial charge >= 0.3 is 12.1 Å². The normalized spacial score (nSPS) is 17.6. The molecule has 128 valence electrons. The first-order valence-electron chi connectivity index (χ1n) is 8.52. The van der Waals surface area contributed by atoms with Gasteiger partial charge in [-0.15, -0.1) is 0 Å². The van der Waals surface area contributed by atoms with Crippen LogP contribution in [0.1, 0.15) is 79.1 Å². The van der Waals surface area contributed by atoms with Crippen molar-refractivity contribution >= 4 is 12.1 Å². The Morgan fingerprint density at radius 2 is 1.82 bits per heavy atom. The molecule has 1 saturated carbocycles. The molecule has 0 radical (unpaired) electrons. The molecule has 0 aliphatic heterocycles. The Balaban J connectivity index is 2.53. The summed E-state index contributed by atoms with van der Waals surface area (Å²) >= 11 is 0. The highest BCUT2D eigenvalue weighted by molar-refractivity contribution is 5.81. The van der Waals surface area contributed by atoms with E-state index in [2.05, 4.69) is 12.2 Å². The third kappa shape index (κ3) is 7.66. The highest BCUT2D eigenvalue weighted by Gasteiger charge is 2.27. The van der Waals surface area contributed by atoms with Crippen LogP contribution in [0.25, 0.3) is 0 Å². The van der Waals surface area contributed by atoms with Gasteiger partial charge in [0.1, 0.15) is 17.7 Å². The molecule has 0 saturated heterocycles. The molecule has 0 bridgehead atoms. The Kier molecular flexibility index (Phi) is 7.69. The van der Waals surface area contributed by atoms with Gasteiger partial charge in [0.05, 0.1) is 0 Å². The Hall–Kier alpha value is -1.26. The third-order valence-electron chi connectivity index (χ3n) is 3.66. The van der Waals surface area contributed by atoms with Gasteiger partial charge in [0.15, 0.2) is 0 Å². The van der Waals surface area contributed by atoms with E-state index in [9.17, 15) is 9.59 Å². The van der Waals surface area contributed by atoms with Gasteiger partial charge in [0.25, 0.3) is 0 Å². The van der Waals surface area contributed by atoms with Crippen LogP contribution in [0.15, 0.2) is 0 Å². The number of carbonyl (C=O) groups excluding carboxylic acids is 2. The number of alkyl carbamates (subject to hydrolysis) is 1. The first kappa shape index (κ1) is 18.8. The van der Waals surface area contributed by atoms with Gasteiger partial charge < -0.3 is 14.8 Å². The average molecular weight is 313 g/mol. The van der Waals surface area contributed by atoms with E-state index in [1.54, 1.807) is 20.8 Å². The van der Waals surface area contributed by atoms with E-state index in [-0.39, 0.29) is 12.1 Å². The molecule has 1 aliphatic carbocycles. The van der Waals surface area contributed by atoms with Crippen molar-refractivity contribution < 1.29 is 19.1 Å². The van der Waals surface area contributed by atoms with Crippen molar-refractivity contribution in [3.63, 3.8) is 0 Å². The number of unbranched alkanes of at least 4 members (excludes halogenated alkanes) is 1. The third-order valence-corrected chi connectivity index (χ3v) is 3.66. The zero-order chi connectivity index (χ0) is 16.6. The van der Waals surface area contributed by atoms with Crippen LogP contribution in [0.5, 0.6) is 0 Å². The monoisotopic (exact) mass is 313 g/mol. The smallest absolute Gasteiger partial charge is 0.408 e. The van der Waals surface area contributed by atoms with Gasteiger partial charge in [-0.3, -0.25) is 0 Å². The number of carbonyl (C=O) groups is 2. The summed E-state index contributed by atoms with van der Waals surface area (Å²) in [6.45, 7) is 7.45. The summed E-state index contributed by atoms with van der Waals surface area (Å²) in [7, 11) is 0. The van der Waals surface area contributed by atoms with E-state index >= 15 is 0 Å². The maximum absolute atomic E-state index is 12.3. The summed E-state index contributed by atoms with van der Waals surface area (Å²) in [6.07, 6.45) is 7.14. The molecule has 22 heavy (non-hydrogen) atoms. The van der Waals surface area contributed by atoms with E-state index in [1.807, 2.05) is 0 Å². The molecule has 1 N–H and O–H groups in total. The lowest BCUT2D eigenvalue weighted by molar-refractivity contribution is -0.153. The topological polar surface area (TPSA) is 64.6 Å². The highest BCUT2D eigenvalue weighted by Crippen LogP contribution is 2.21. The minimum atomic E-state index is -0.614. The number of ether oxygens (including phenoxy) is 2. The minimum Gasteiger partial charge on any atom is -0.461 e. The fourth-order valence-corrected chi connectivity index (χ4v) is 2.54. The van der Waals surface area contributed by atoms with Crippen LogP contribution >= 0.6 is 0 Å².